The molecule has 2 N–H and O–H groups in total. The Kier molecular flexibility index (Phi) is 8.30. The Morgan fingerprint density at radius 1 is 1.25 bits per heavy atom. The standard InChI is InChI=1S/C22H36N4O2/c1-6-17-7-9-19(10-8-17)22(2,3)16-25-21(24-14-20(27)26(4)5)23-13-18-11-12-28-15-18/h7-10,18H,6,11-16H2,1-5H3,(H2,23,24,25). The van der Waals surface area contributed by atoms with Gasteiger partial charge in [-0.25, -0.2) is 4.99 Å². The molecule has 1 atom stereocenters. The van der Waals surface area contributed by atoms with Gasteiger partial charge in [-0.1, -0.05) is 45.0 Å². The van der Waals surface area contributed by atoms with Gasteiger partial charge in [0.15, 0.2) is 5.96 Å². The van der Waals surface area contributed by atoms with Crippen LogP contribution < -0.4 is 10.6 Å². The summed E-state index contributed by atoms with van der Waals surface area (Å²) in [5.74, 6) is 1.16. The largest absolute Gasteiger partial charge is 0.381 e. The number of aryl methyl sites for hydroxylation is 1. The Bertz CT molecular complexity index is 647. The van der Waals surface area contributed by atoms with Crippen molar-refractivity contribution in [3.8, 4) is 0 Å². The van der Waals surface area contributed by atoms with Gasteiger partial charge in [-0.05, 0) is 24.0 Å². The molecule has 2 rings (SSSR count). The molecular weight excluding hydrogens is 352 g/mol. The van der Waals surface area contributed by atoms with Crippen LogP contribution in [0.3, 0.4) is 0 Å². The summed E-state index contributed by atoms with van der Waals surface area (Å²) in [5, 5.41) is 6.82. The van der Waals surface area contributed by atoms with E-state index < -0.39 is 0 Å². The van der Waals surface area contributed by atoms with E-state index >= 15 is 0 Å². The first-order valence-corrected chi connectivity index (χ1v) is 10.2. The predicted molar refractivity (Wildman–Crippen MR) is 115 cm³/mol. The fraction of sp³-hybridized carbons (Fsp3) is 0.636. The molecule has 0 aliphatic carbocycles. The quantitative estimate of drug-likeness (QED) is 0.529. The molecule has 28 heavy (non-hydrogen) atoms. The fourth-order valence-corrected chi connectivity index (χ4v) is 3.05. The lowest BCUT2D eigenvalue weighted by atomic mass is 9.84. The number of ether oxygens (including phenoxy) is 1. The van der Waals surface area contributed by atoms with Crippen molar-refractivity contribution in [2.75, 3.05) is 46.9 Å². The van der Waals surface area contributed by atoms with Crippen LogP contribution in [0.4, 0.5) is 0 Å². The molecule has 1 aliphatic heterocycles. The number of hydrogen-bond acceptors (Lipinski definition) is 3. The first-order chi connectivity index (χ1) is 13.3. The molecule has 0 radical (unpaired) electrons. The van der Waals surface area contributed by atoms with Crippen LogP contribution in [0.15, 0.2) is 29.3 Å². The van der Waals surface area contributed by atoms with E-state index in [1.165, 1.54) is 11.1 Å². The minimum absolute atomic E-state index is 0.0142. The van der Waals surface area contributed by atoms with E-state index in [2.05, 4.69) is 60.7 Å². The van der Waals surface area contributed by atoms with Gasteiger partial charge in [-0.15, -0.1) is 0 Å². The maximum atomic E-state index is 11.9. The lowest BCUT2D eigenvalue weighted by Gasteiger charge is -2.27. The van der Waals surface area contributed by atoms with Gasteiger partial charge in [-0.3, -0.25) is 4.79 Å². The molecule has 1 aliphatic rings. The highest BCUT2D eigenvalue weighted by Crippen LogP contribution is 2.22. The van der Waals surface area contributed by atoms with Crippen molar-refractivity contribution in [2.24, 2.45) is 10.9 Å². The van der Waals surface area contributed by atoms with Crippen molar-refractivity contribution >= 4 is 11.9 Å². The van der Waals surface area contributed by atoms with Gasteiger partial charge in [0.25, 0.3) is 0 Å². The molecule has 0 saturated carbocycles. The second-order valence-electron chi connectivity index (χ2n) is 8.35. The Hall–Kier alpha value is -2.08. The normalized spacial score (nSPS) is 17.5. The second kappa shape index (κ2) is 10.5. The lowest BCUT2D eigenvalue weighted by Crippen LogP contribution is -2.45. The highest BCUT2D eigenvalue weighted by Gasteiger charge is 2.22. The first-order valence-electron chi connectivity index (χ1n) is 10.2. The van der Waals surface area contributed by atoms with Crippen LogP contribution in [0.25, 0.3) is 0 Å². The fourth-order valence-electron chi connectivity index (χ4n) is 3.05. The predicted octanol–water partition coefficient (Wildman–Crippen LogP) is 2.19. The summed E-state index contributed by atoms with van der Waals surface area (Å²) in [4.78, 5) is 18.0. The molecule has 0 aromatic heterocycles. The first kappa shape index (κ1) is 22.2. The Balaban J connectivity index is 1.99. The molecule has 1 aromatic carbocycles. The van der Waals surface area contributed by atoms with E-state index in [9.17, 15) is 4.79 Å². The number of nitrogens with zero attached hydrogens (tertiary/aromatic N) is 2. The number of rotatable bonds is 8. The highest BCUT2D eigenvalue weighted by molar-refractivity contribution is 5.84. The Morgan fingerprint density at radius 3 is 2.54 bits per heavy atom. The van der Waals surface area contributed by atoms with Gasteiger partial charge in [0.05, 0.1) is 6.61 Å². The van der Waals surface area contributed by atoms with Crippen LogP contribution in [0.2, 0.25) is 0 Å². The summed E-state index contributed by atoms with van der Waals surface area (Å²) in [6.45, 7) is 9.87. The van der Waals surface area contributed by atoms with E-state index in [-0.39, 0.29) is 17.9 Å². The maximum Gasteiger partial charge on any atom is 0.243 e. The number of benzene rings is 1. The van der Waals surface area contributed by atoms with E-state index in [1.54, 1.807) is 19.0 Å². The van der Waals surface area contributed by atoms with Gasteiger partial charge >= 0.3 is 0 Å². The second-order valence-corrected chi connectivity index (χ2v) is 8.35. The van der Waals surface area contributed by atoms with Crippen molar-refractivity contribution in [1.29, 1.82) is 0 Å². The average Bonchev–Trinajstić information content (AvgIpc) is 3.20. The summed E-state index contributed by atoms with van der Waals surface area (Å²) in [5.41, 5.74) is 2.57. The molecule has 1 fully saturated rings. The van der Waals surface area contributed by atoms with Crippen molar-refractivity contribution in [3.63, 3.8) is 0 Å². The van der Waals surface area contributed by atoms with Crippen molar-refractivity contribution in [2.45, 2.75) is 39.0 Å². The third-order valence-corrected chi connectivity index (χ3v) is 5.29. The number of amides is 1. The van der Waals surface area contributed by atoms with Crippen molar-refractivity contribution in [3.05, 3.63) is 35.4 Å². The van der Waals surface area contributed by atoms with Crippen molar-refractivity contribution < 1.29 is 9.53 Å². The van der Waals surface area contributed by atoms with E-state index in [0.717, 1.165) is 39.1 Å². The van der Waals surface area contributed by atoms with Gasteiger partial charge in [0.2, 0.25) is 5.91 Å². The van der Waals surface area contributed by atoms with Crippen LogP contribution in [0.5, 0.6) is 0 Å². The van der Waals surface area contributed by atoms with Crippen molar-refractivity contribution in [1.82, 2.24) is 15.5 Å². The molecular formula is C22H36N4O2. The summed E-state index contributed by atoms with van der Waals surface area (Å²) >= 11 is 0. The third kappa shape index (κ3) is 6.82. The van der Waals surface area contributed by atoms with Crippen LogP contribution in [0.1, 0.15) is 38.3 Å². The molecule has 1 amide bonds. The zero-order valence-corrected chi connectivity index (χ0v) is 18.0. The van der Waals surface area contributed by atoms with Gasteiger partial charge in [-0.2, -0.15) is 0 Å². The minimum atomic E-state index is -0.0588. The van der Waals surface area contributed by atoms with E-state index in [0.29, 0.717) is 11.9 Å². The summed E-state index contributed by atoms with van der Waals surface area (Å²) in [6, 6.07) is 8.80. The topological polar surface area (TPSA) is 66.0 Å². The van der Waals surface area contributed by atoms with Gasteiger partial charge in [0, 0.05) is 45.1 Å². The average molecular weight is 389 g/mol. The summed E-state index contributed by atoms with van der Waals surface area (Å²) < 4.78 is 5.45. The van der Waals surface area contributed by atoms with Crippen LogP contribution in [-0.2, 0) is 21.4 Å². The zero-order chi connectivity index (χ0) is 20.6. The molecule has 1 aromatic rings. The molecule has 6 heteroatoms. The maximum absolute atomic E-state index is 11.9. The molecule has 1 saturated heterocycles. The molecule has 156 valence electrons. The Labute approximate surface area is 169 Å². The van der Waals surface area contributed by atoms with Gasteiger partial charge in [0.1, 0.15) is 6.54 Å². The van der Waals surface area contributed by atoms with E-state index in [1.807, 2.05) is 0 Å². The zero-order valence-electron chi connectivity index (χ0n) is 18.0. The Morgan fingerprint density at radius 2 is 1.96 bits per heavy atom. The smallest absolute Gasteiger partial charge is 0.243 e. The molecule has 1 heterocycles. The molecule has 0 spiro atoms. The molecule has 0 bridgehead atoms. The van der Waals surface area contributed by atoms with E-state index in [4.69, 9.17) is 4.74 Å². The SMILES string of the molecule is CCc1ccc(C(C)(C)CNC(=NCC(=O)N(C)C)NCC2CCOC2)cc1. The summed E-state index contributed by atoms with van der Waals surface area (Å²) in [7, 11) is 3.49. The minimum Gasteiger partial charge on any atom is -0.381 e. The number of carbonyl (C=O) groups is 1. The van der Waals surface area contributed by atoms with Crippen LogP contribution in [0, 0.1) is 5.92 Å². The number of nitrogens with one attached hydrogen (secondary N) is 2. The number of carbonyl (C=O) groups excluding carboxylic acids is 1. The molecule has 1 unspecified atom stereocenters. The summed E-state index contributed by atoms with van der Waals surface area (Å²) in [6.07, 6.45) is 2.11. The lowest BCUT2D eigenvalue weighted by molar-refractivity contribution is -0.127. The van der Waals surface area contributed by atoms with Crippen LogP contribution in [-0.4, -0.2) is 63.7 Å². The van der Waals surface area contributed by atoms with Crippen LogP contribution >= 0.6 is 0 Å². The number of hydrogen-bond donors (Lipinski definition) is 2. The highest BCUT2D eigenvalue weighted by atomic mass is 16.5. The number of likely N-dealkylation sites (N-methyl/N-ethyl adjacent to an activating group) is 1. The third-order valence-electron chi connectivity index (χ3n) is 5.29. The van der Waals surface area contributed by atoms with Gasteiger partial charge < -0.3 is 20.3 Å². The molecule has 6 nitrogen and oxygen atoms in total. The number of aliphatic imine (C=N–C) groups is 1. The number of guanidine groups is 1. The monoisotopic (exact) mass is 388 g/mol.